The zero-order chi connectivity index (χ0) is 9.10. The maximum Gasteiger partial charge on any atom is 0.153 e. The Morgan fingerprint density at radius 2 is 2.62 bits per heavy atom. The third-order valence-electron chi connectivity index (χ3n) is 1.86. The molecule has 0 bridgehead atoms. The molecule has 0 fully saturated rings. The number of H-pyrrole nitrogens is 1. The minimum Gasteiger partial charge on any atom is -0.345 e. The minimum atomic E-state index is 0.775. The summed E-state index contributed by atoms with van der Waals surface area (Å²) in [4.78, 5) is 13.0. The molecule has 0 saturated carbocycles. The van der Waals surface area contributed by atoms with E-state index < -0.39 is 0 Å². The van der Waals surface area contributed by atoms with Gasteiger partial charge in [0.05, 0.1) is 12.2 Å². The number of aromatic amines is 1. The molecule has 1 N–H and O–H groups in total. The van der Waals surface area contributed by atoms with E-state index in [0.29, 0.717) is 0 Å². The van der Waals surface area contributed by atoms with Crippen LogP contribution in [0.5, 0.6) is 0 Å². The molecule has 0 atom stereocenters. The fourth-order valence-electron chi connectivity index (χ4n) is 1.27. The molecule has 1 aliphatic rings. The Labute approximate surface area is 76.3 Å². The largest absolute Gasteiger partial charge is 0.345 e. The molecule has 0 spiro atoms. The number of hydrogen-bond donors (Lipinski definition) is 1. The Morgan fingerprint density at radius 3 is 3.46 bits per heavy atom. The molecule has 4 nitrogen and oxygen atoms in total. The van der Waals surface area contributed by atoms with Gasteiger partial charge in [0.2, 0.25) is 0 Å². The normalized spacial score (nSPS) is 14.9. The van der Waals surface area contributed by atoms with Crippen LogP contribution >= 0.6 is 0 Å². The van der Waals surface area contributed by atoms with Gasteiger partial charge in [0.25, 0.3) is 0 Å². The molecule has 0 aliphatic carbocycles. The number of aromatic nitrogens is 1. The van der Waals surface area contributed by atoms with E-state index in [0.717, 1.165) is 18.1 Å². The van der Waals surface area contributed by atoms with Crippen LogP contribution in [-0.4, -0.2) is 24.5 Å². The van der Waals surface area contributed by atoms with Crippen LogP contribution in [0.1, 0.15) is 0 Å². The first-order chi connectivity index (χ1) is 6.42. The van der Waals surface area contributed by atoms with E-state index in [2.05, 4.69) is 21.7 Å². The molecule has 2 rings (SSSR count). The van der Waals surface area contributed by atoms with Crippen molar-refractivity contribution in [1.29, 1.82) is 0 Å². The average molecular weight is 174 g/mol. The third kappa shape index (κ3) is 1.38. The predicted molar refractivity (Wildman–Crippen MR) is 55.0 cm³/mol. The smallest absolute Gasteiger partial charge is 0.153 e. The van der Waals surface area contributed by atoms with E-state index in [1.54, 1.807) is 6.20 Å². The van der Waals surface area contributed by atoms with Gasteiger partial charge >= 0.3 is 0 Å². The van der Waals surface area contributed by atoms with Crippen LogP contribution in [0.2, 0.25) is 0 Å². The number of anilines is 1. The van der Waals surface area contributed by atoms with Gasteiger partial charge in [0.15, 0.2) is 5.82 Å². The molecule has 0 amide bonds. The first kappa shape index (κ1) is 7.79. The van der Waals surface area contributed by atoms with Crippen LogP contribution < -0.4 is 4.90 Å². The van der Waals surface area contributed by atoms with Crippen LogP contribution in [0.25, 0.3) is 0 Å². The van der Waals surface area contributed by atoms with Crippen molar-refractivity contribution in [3.05, 3.63) is 24.7 Å². The molecule has 66 valence electrons. The number of nitrogens with one attached hydrogen (secondary N) is 1. The SMILES string of the molecule is C=N/C=C\N1CC=Nc2[nH]ccc21. The lowest BCUT2D eigenvalue weighted by Crippen LogP contribution is -2.20. The summed E-state index contributed by atoms with van der Waals surface area (Å²) >= 11 is 0. The van der Waals surface area contributed by atoms with Gasteiger partial charge in [0.1, 0.15) is 0 Å². The van der Waals surface area contributed by atoms with Gasteiger partial charge in [0, 0.05) is 24.8 Å². The predicted octanol–water partition coefficient (Wildman–Crippen LogP) is 1.71. The minimum absolute atomic E-state index is 0.775. The van der Waals surface area contributed by atoms with E-state index in [-0.39, 0.29) is 0 Å². The number of rotatable bonds is 2. The Morgan fingerprint density at radius 1 is 1.69 bits per heavy atom. The number of fused-ring (bicyclic) bond motifs is 1. The second-order valence-electron chi connectivity index (χ2n) is 2.66. The summed E-state index contributed by atoms with van der Waals surface area (Å²) in [5.74, 6) is 0.889. The molecule has 4 heteroatoms. The van der Waals surface area contributed by atoms with Gasteiger partial charge in [-0.2, -0.15) is 0 Å². The average Bonchev–Trinajstić information content (AvgIpc) is 2.62. The molecule has 13 heavy (non-hydrogen) atoms. The molecule has 0 radical (unpaired) electrons. The first-order valence-corrected chi connectivity index (χ1v) is 4.01. The summed E-state index contributed by atoms with van der Waals surface area (Å²) in [5, 5.41) is 0. The quantitative estimate of drug-likeness (QED) is 0.681. The molecular formula is C9H10N4. The summed E-state index contributed by atoms with van der Waals surface area (Å²) < 4.78 is 0. The second kappa shape index (κ2) is 3.26. The Balaban J connectivity index is 2.30. The van der Waals surface area contributed by atoms with Crippen LogP contribution in [-0.2, 0) is 0 Å². The first-order valence-electron chi connectivity index (χ1n) is 4.01. The van der Waals surface area contributed by atoms with E-state index in [1.165, 1.54) is 0 Å². The number of nitrogens with zero attached hydrogens (tertiary/aromatic N) is 3. The van der Waals surface area contributed by atoms with Crippen molar-refractivity contribution in [2.24, 2.45) is 9.98 Å². The summed E-state index contributed by atoms with van der Waals surface area (Å²) in [6.45, 7) is 4.16. The Hall–Kier alpha value is -1.84. The summed E-state index contributed by atoms with van der Waals surface area (Å²) in [7, 11) is 0. The number of aliphatic imine (C=N–C) groups is 2. The van der Waals surface area contributed by atoms with Crippen LogP contribution in [0.15, 0.2) is 34.6 Å². The summed E-state index contributed by atoms with van der Waals surface area (Å²) in [6.07, 6.45) is 7.27. The van der Waals surface area contributed by atoms with Crippen molar-refractivity contribution >= 4 is 24.4 Å². The fourth-order valence-corrected chi connectivity index (χ4v) is 1.27. The molecule has 1 aromatic rings. The van der Waals surface area contributed by atoms with Crippen molar-refractivity contribution in [2.75, 3.05) is 11.4 Å². The van der Waals surface area contributed by atoms with Crippen molar-refractivity contribution < 1.29 is 0 Å². The van der Waals surface area contributed by atoms with Crippen molar-refractivity contribution in [1.82, 2.24) is 4.98 Å². The maximum absolute atomic E-state index is 4.21. The van der Waals surface area contributed by atoms with Crippen molar-refractivity contribution in [3.8, 4) is 0 Å². The highest BCUT2D eigenvalue weighted by Crippen LogP contribution is 2.29. The second-order valence-corrected chi connectivity index (χ2v) is 2.66. The molecule has 0 saturated heterocycles. The molecular weight excluding hydrogens is 164 g/mol. The Kier molecular flexibility index (Phi) is 1.96. The molecule has 1 aromatic heterocycles. The molecule has 1 aliphatic heterocycles. The van der Waals surface area contributed by atoms with Gasteiger partial charge < -0.3 is 9.88 Å². The topological polar surface area (TPSA) is 43.8 Å². The van der Waals surface area contributed by atoms with E-state index in [9.17, 15) is 0 Å². The summed E-state index contributed by atoms with van der Waals surface area (Å²) in [5.41, 5.74) is 1.07. The zero-order valence-electron chi connectivity index (χ0n) is 7.14. The number of hydrogen-bond acceptors (Lipinski definition) is 3. The molecule has 0 aromatic carbocycles. The lowest BCUT2D eigenvalue weighted by atomic mass is 10.3. The van der Waals surface area contributed by atoms with Gasteiger partial charge in [-0.05, 0) is 12.8 Å². The van der Waals surface area contributed by atoms with E-state index in [4.69, 9.17) is 0 Å². The van der Waals surface area contributed by atoms with Crippen LogP contribution in [0, 0.1) is 0 Å². The van der Waals surface area contributed by atoms with Gasteiger partial charge in [-0.15, -0.1) is 0 Å². The monoisotopic (exact) mass is 174 g/mol. The van der Waals surface area contributed by atoms with Gasteiger partial charge in [-0.25, -0.2) is 4.99 Å². The van der Waals surface area contributed by atoms with Crippen molar-refractivity contribution in [3.63, 3.8) is 0 Å². The fraction of sp³-hybridized carbons (Fsp3) is 0.111. The van der Waals surface area contributed by atoms with Crippen LogP contribution in [0.3, 0.4) is 0 Å². The highest BCUT2D eigenvalue weighted by atomic mass is 15.2. The zero-order valence-corrected chi connectivity index (χ0v) is 7.14. The molecule has 2 heterocycles. The third-order valence-corrected chi connectivity index (χ3v) is 1.86. The van der Waals surface area contributed by atoms with Crippen molar-refractivity contribution in [2.45, 2.75) is 0 Å². The molecule has 0 unspecified atom stereocenters. The highest BCUT2D eigenvalue weighted by molar-refractivity contribution is 5.80. The maximum atomic E-state index is 4.21. The van der Waals surface area contributed by atoms with Gasteiger partial charge in [-0.1, -0.05) is 0 Å². The van der Waals surface area contributed by atoms with E-state index in [1.807, 2.05) is 29.6 Å². The lowest BCUT2D eigenvalue weighted by Gasteiger charge is -2.19. The standard InChI is InChI=1S/C9H10N4/c1-10-4-6-13-7-5-12-9-8(13)2-3-11-9/h2-6,11H,1,7H2/b6-4-. The highest BCUT2D eigenvalue weighted by Gasteiger charge is 2.11. The van der Waals surface area contributed by atoms with E-state index >= 15 is 0 Å². The Bertz CT molecular complexity index is 361. The van der Waals surface area contributed by atoms with Crippen LogP contribution in [0.4, 0.5) is 11.5 Å². The summed E-state index contributed by atoms with van der Waals surface area (Å²) in [6, 6.07) is 1.99. The van der Waals surface area contributed by atoms with Gasteiger partial charge in [-0.3, -0.25) is 4.99 Å². The lowest BCUT2D eigenvalue weighted by molar-refractivity contribution is 1.10.